The standard InChI is InChI=1S/C15H28N2O/c16-15(9-4-5-10-15)12-14(18)17-11-8-13-6-2-1-3-7-13/h13H,1-12,16H2,(H,17,18). The first-order chi connectivity index (χ1) is 8.68. The van der Waals surface area contributed by atoms with Crippen molar-refractivity contribution in [1.29, 1.82) is 0 Å². The molecule has 0 saturated heterocycles. The van der Waals surface area contributed by atoms with Crippen molar-refractivity contribution in [3.63, 3.8) is 0 Å². The molecule has 18 heavy (non-hydrogen) atoms. The molecule has 3 heteroatoms. The monoisotopic (exact) mass is 252 g/mol. The summed E-state index contributed by atoms with van der Waals surface area (Å²) in [5.74, 6) is 1.01. The van der Waals surface area contributed by atoms with E-state index in [2.05, 4.69) is 5.32 Å². The number of nitrogens with one attached hydrogen (secondary N) is 1. The Hall–Kier alpha value is -0.570. The number of rotatable bonds is 5. The molecule has 0 unspecified atom stereocenters. The number of amides is 1. The van der Waals surface area contributed by atoms with E-state index in [1.165, 1.54) is 44.9 Å². The molecule has 0 bridgehead atoms. The third kappa shape index (κ3) is 4.27. The fraction of sp³-hybridized carbons (Fsp3) is 0.933. The molecular weight excluding hydrogens is 224 g/mol. The fourth-order valence-corrected chi connectivity index (χ4v) is 3.53. The van der Waals surface area contributed by atoms with Crippen molar-refractivity contribution < 1.29 is 4.79 Å². The first kappa shape index (κ1) is 13.9. The van der Waals surface area contributed by atoms with Gasteiger partial charge in [-0.05, 0) is 25.2 Å². The summed E-state index contributed by atoms with van der Waals surface area (Å²) in [7, 11) is 0. The van der Waals surface area contributed by atoms with Crippen molar-refractivity contribution in [2.24, 2.45) is 11.7 Å². The number of carbonyl (C=O) groups excluding carboxylic acids is 1. The average Bonchev–Trinajstić information content (AvgIpc) is 2.77. The number of nitrogens with two attached hydrogens (primary N) is 1. The first-order valence-electron chi connectivity index (χ1n) is 7.74. The molecular formula is C15H28N2O. The zero-order valence-electron chi connectivity index (χ0n) is 11.5. The molecule has 0 spiro atoms. The Kier molecular flexibility index (Phi) is 5.04. The third-order valence-electron chi connectivity index (χ3n) is 4.71. The van der Waals surface area contributed by atoms with Crippen molar-refractivity contribution in [2.75, 3.05) is 6.54 Å². The van der Waals surface area contributed by atoms with Gasteiger partial charge in [0.15, 0.2) is 0 Å². The lowest BCUT2D eigenvalue weighted by Gasteiger charge is -2.24. The van der Waals surface area contributed by atoms with Crippen LogP contribution in [0.25, 0.3) is 0 Å². The highest BCUT2D eigenvalue weighted by Crippen LogP contribution is 2.30. The zero-order chi connectivity index (χ0) is 12.8. The van der Waals surface area contributed by atoms with E-state index >= 15 is 0 Å². The largest absolute Gasteiger partial charge is 0.356 e. The van der Waals surface area contributed by atoms with Crippen LogP contribution in [0.1, 0.15) is 70.6 Å². The average molecular weight is 252 g/mol. The predicted molar refractivity (Wildman–Crippen MR) is 74.2 cm³/mol. The molecule has 104 valence electrons. The Morgan fingerprint density at radius 3 is 2.44 bits per heavy atom. The van der Waals surface area contributed by atoms with Gasteiger partial charge in [0, 0.05) is 18.5 Å². The third-order valence-corrected chi connectivity index (χ3v) is 4.71. The summed E-state index contributed by atoms with van der Waals surface area (Å²) in [5, 5.41) is 3.06. The molecule has 2 fully saturated rings. The number of carbonyl (C=O) groups is 1. The second-order valence-corrected chi connectivity index (χ2v) is 6.39. The number of hydrogen-bond acceptors (Lipinski definition) is 2. The maximum atomic E-state index is 11.9. The van der Waals surface area contributed by atoms with Crippen LogP contribution in [0.2, 0.25) is 0 Å². The smallest absolute Gasteiger partial charge is 0.221 e. The van der Waals surface area contributed by atoms with Crippen LogP contribution in [0, 0.1) is 5.92 Å². The summed E-state index contributed by atoms with van der Waals surface area (Å²) >= 11 is 0. The van der Waals surface area contributed by atoms with E-state index < -0.39 is 0 Å². The van der Waals surface area contributed by atoms with Crippen LogP contribution in [0.3, 0.4) is 0 Å². The molecule has 0 heterocycles. The van der Waals surface area contributed by atoms with E-state index in [1.807, 2.05) is 0 Å². The number of hydrogen-bond donors (Lipinski definition) is 2. The minimum Gasteiger partial charge on any atom is -0.356 e. The minimum atomic E-state index is -0.199. The molecule has 3 nitrogen and oxygen atoms in total. The van der Waals surface area contributed by atoms with Gasteiger partial charge in [0.25, 0.3) is 0 Å². The Balaban J connectivity index is 1.59. The molecule has 2 aliphatic carbocycles. The van der Waals surface area contributed by atoms with Crippen LogP contribution in [0.5, 0.6) is 0 Å². The van der Waals surface area contributed by atoms with Gasteiger partial charge in [0.05, 0.1) is 0 Å². The fourth-order valence-electron chi connectivity index (χ4n) is 3.53. The molecule has 0 aromatic heterocycles. The van der Waals surface area contributed by atoms with Gasteiger partial charge in [0.2, 0.25) is 5.91 Å². The SMILES string of the molecule is NC1(CC(=O)NCCC2CCCCC2)CCCC1. The van der Waals surface area contributed by atoms with E-state index in [0.717, 1.165) is 31.7 Å². The minimum absolute atomic E-state index is 0.162. The summed E-state index contributed by atoms with van der Waals surface area (Å²) in [4.78, 5) is 11.9. The van der Waals surface area contributed by atoms with Gasteiger partial charge in [-0.2, -0.15) is 0 Å². The van der Waals surface area contributed by atoms with Gasteiger partial charge < -0.3 is 11.1 Å². The topological polar surface area (TPSA) is 55.1 Å². The maximum Gasteiger partial charge on any atom is 0.221 e. The van der Waals surface area contributed by atoms with Gasteiger partial charge in [0.1, 0.15) is 0 Å². The Morgan fingerprint density at radius 2 is 1.78 bits per heavy atom. The van der Waals surface area contributed by atoms with Crippen LogP contribution in [-0.4, -0.2) is 18.0 Å². The maximum absolute atomic E-state index is 11.9. The summed E-state index contributed by atoms with van der Waals surface area (Å²) in [5.41, 5.74) is 6.01. The highest BCUT2D eigenvalue weighted by Gasteiger charge is 2.31. The van der Waals surface area contributed by atoms with Crippen molar-refractivity contribution in [2.45, 2.75) is 76.2 Å². The summed E-state index contributed by atoms with van der Waals surface area (Å²) in [6.45, 7) is 0.847. The predicted octanol–water partition coefficient (Wildman–Crippen LogP) is 2.73. The van der Waals surface area contributed by atoms with Crippen molar-refractivity contribution in [3.8, 4) is 0 Å². The van der Waals surface area contributed by atoms with Crippen LogP contribution in [0.15, 0.2) is 0 Å². The zero-order valence-corrected chi connectivity index (χ0v) is 11.5. The van der Waals surface area contributed by atoms with Gasteiger partial charge in [-0.15, -0.1) is 0 Å². The second-order valence-electron chi connectivity index (χ2n) is 6.39. The van der Waals surface area contributed by atoms with E-state index in [0.29, 0.717) is 6.42 Å². The van der Waals surface area contributed by atoms with Crippen LogP contribution < -0.4 is 11.1 Å². The van der Waals surface area contributed by atoms with Crippen LogP contribution in [-0.2, 0) is 4.79 Å². The molecule has 1 amide bonds. The Morgan fingerprint density at radius 1 is 1.11 bits per heavy atom. The van der Waals surface area contributed by atoms with E-state index in [9.17, 15) is 4.79 Å². The van der Waals surface area contributed by atoms with E-state index in [-0.39, 0.29) is 11.4 Å². The normalized spacial score (nSPS) is 24.1. The van der Waals surface area contributed by atoms with Gasteiger partial charge in [-0.25, -0.2) is 0 Å². The summed E-state index contributed by atoms with van der Waals surface area (Å²) in [6, 6.07) is 0. The van der Waals surface area contributed by atoms with Crippen molar-refractivity contribution in [1.82, 2.24) is 5.32 Å². The molecule has 0 atom stereocenters. The van der Waals surface area contributed by atoms with Crippen molar-refractivity contribution >= 4 is 5.91 Å². The van der Waals surface area contributed by atoms with Crippen LogP contribution in [0.4, 0.5) is 0 Å². The lowest BCUT2D eigenvalue weighted by Crippen LogP contribution is -2.42. The molecule has 2 aliphatic rings. The Labute approximate surface area is 111 Å². The van der Waals surface area contributed by atoms with Crippen LogP contribution >= 0.6 is 0 Å². The van der Waals surface area contributed by atoms with Gasteiger partial charge in [-0.3, -0.25) is 4.79 Å². The van der Waals surface area contributed by atoms with Gasteiger partial charge in [-0.1, -0.05) is 44.9 Å². The second kappa shape index (κ2) is 6.55. The summed E-state index contributed by atoms with van der Waals surface area (Å²) in [6.07, 6.45) is 13.0. The highest BCUT2D eigenvalue weighted by molar-refractivity contribution is 5.77. The Bertz CT molecular complexity index is 266. The van der Waals surface area contributed by atoms with Gasteiger partial charge >= 0.3 is 0 Å². The molecule has 2 saturated carbocycles. The van der Waals surface area contributed by atoms with Crippen molar-refractivity contribution in [3.05, 3.63) is 0 Å². The molecule has 0 aromatic rings. The molecule has 0 aromatic carbocycles. The molecule has 2 rings (SSSR count). The van der Waals surface area contributed by atoms with E-state index in [1.54, 1.807) is 0 Å². The summed E-state index contributed by atoms with van der Waals surface area (Å²) < 4.78 is 0. The lowest BCUT2D eigenvalue weighted by atomic mass is 9.87. The highest BCUT2D eigenvalue weighted by atomic mass is 16.1. The lowest BCUT2D eigenvalue weighted by molar-refractivity contribution is -0.122. The molecule has 0 aliphatic heterocycles. The first-order valence-corrected chi connectivity index (χ1v) is 7.74. The van der Waals surface area contributed by atoms with E-state index in [4.69, 9.17) is 5.73 Å². The molecule has 3 N–H and O–H groups in total. The molecule has 0 radical (unpaired) electrons. The quantitative estimate of drug-likeness (QED) is 0.790.